The molecule has 1 aliphatic rings. The SMILES string of the molecule is O=S(=O)(c1ccc(CO)o1)N1Cc2ccccc2C1. The van der Waals surface area contributed by atoms with Crippen LogP contribution in [0.5, 0.6) is 0 Å². The molecule has 2 aromatic rings. The molecule has 3 rings (SSSR count). The lowest BCUT2D eigenvalue weighted by molar-refractivity contribution is 0.235. The molecule has 0 aliphatic carbocycles. The Morgan fingerprint density at radius 3 is 2.26 bits per heavy atom. The van der Waals surface area contributed by atoms with E-state index in [1.165, 1.54) is 16.4 Å². The third-order valence-electron chi connectivity index (χ3n) is 3.20. The van der Waals surface area contributed by atoms with Crippen molar-refractivity contribution in [2.45, 2.75) is 24.8 Å². The molecule has 0 saturated carbocycles. The van der Waals surface area contributed by atoms with Crippen LogP contribution in [0, 0.1) is 0 Å². The predicted molar refractivity (Wildman–Crippen MR) is 67.5 cm³/mol. The largest absolute Gasteiger partial charge is 0.446 e. The molecule has 1 aromatic carbocycles. The Morgan fingerprint density at radius 1 is 1.11 bits per heavy atom. The number of benzene rings is 1. The number of nitrogens with zero attached hydrogens (tertiary/aromatic N) is 1. The summed E-state index contributed by atoms with van der Waals surface area (Å²) in [5.41, 5.74) is 2.03. The zero-order valence-electron chi connectivity index (χ0n) is 10.1. The first kappa shape index (κ1) is 12.4. The summed E-state index contributed by atoms with van der Waals surface area (Å²) >= 11 is 0. The molecule has 0 bridgehead atoms. The first-order chi connectivity index (χ1) is 9.11. The second-order valence-electron chi connectivity index (χ2n) is 4.42. The fraction of sp³-hybridized carbons (Fsp3) is 0.231. The van der Waals surface area contributed by atoms with Gasteiger partial charge in [0.05, 0.1) is 0 Å². The Bertz CT molecular complexity index is 680. The van der Waals surface area contributed by atoms with E-state index in [-0.39, 0.29) is 17.5 Å². The Kier molecular flexibility index (Phi) is 2.93. The van der Waals surface area contributed by atoms with Crippen LogP contribution in [-0.2, 0) is 29.7 Å². The van der Waals surface area contributed by atoms with Crippen LogP contribution in [0.3, 0.4) is 0 Å². The predicted octanol–water partition coefficient (Wildman–Crippen LogP) is 1.48. The van der Waals surface area contributed by atoms with Crippen LogP contribution in [-0.4, -0.2) is 17.8 Å². The van der Waals surface area contributed by atoms with E-state index in [0.29, 0.717) is 13.1 Å². The van der Waals surface area contributed by atoms with E-state index in [0.717, 1.165) is 11.1 Å². The maximum atomic E-state index is 12.4. The summed E-state index contributed by atoms with van der Waals surface area (Å²) in [6.07, 6.45) is 0. The zero-order chi connectivity index (χ0) is 13.5. The molecule has 0 saturated heterocycles. The first-order valence-electron chi connectivity index (χ1n) is 5.88. The number of fused-ring (bicyclic) bond motifs is 1. The van der Waals surface area contributed by atoms with Crippen LogP contribution in [0.15, 0.2) is 45.9 Å². The smallest absolute Gasteiger partial charge is 0.277 e. The van der Waals surface area contributed by atoms with Gasteiger partial charge in [-0.15, -0.1) is 0 Å². The second kappa shape index (κ2) is 4.48. The Hall–Kier alpha value is -1.63. The molecule has 100 valence electrons. The van der Waals surface area contributed by atoms with Crippen molar-refractivity contribution in [3.8, 4) is 0 Å². The van der Waals surface area contributed by atoms with Gasteiger partial charge >= 0.3 is 0 Å². The number of hydrogen-bond acceptors (Lipinski definition) is 4. The van der Waals surface area contributed by atoms with E-state index in [2.05, 4.69) is 0 Å². The monoisotopic (exact) mass is 279 g/mol. The van der Waals surface area contributed by atoms with Crippen molar-refractivity contribution in [3.05, 3.63) is 53.3 Å². The number of furan rings is 1. The first-order valence-corrected chi connectivity index (χ1v) is 7.32. The number of rotatable bonds is 3. The molecule has 0 unspecified atom stereocenters. The third kappa shape index (κ3) is 2.07. The van der Waals surface area contributed by atoms with Gasteiger partial charge in [-0.3, -0.25) is 0 Å². The molecule has 5 nitrogen and oxygen atoms in total. The van der Waals surface area contributed by atoms with Crippen LogP contribution in [0.25, 0.3) is 0 Å². The van der Waals surface area contributed by atoms with E-state index in [9.17, 15) is 8.42 Å². The number of sulfonamides is 1. The summed E-state index contributed by atoms with van der Waals surface area (Å²) in [6, 6.07) is 10.5. The molecule has 2 heterocycles. The highest BCUT2D eigenvalue weighted by Crippen LogP contribution is 2.29. The zero-order valence-corrected chi connectivity index (χ0v) is 10.9. The van der Waals surface area contributed by atoms with E-state index in [1.807, 2.05) is 24.3 Å². The number of aliphatic hydroxyl groups excluding tert-OH is 1. The van der Waals surface area contributed by atoms with Gasteiger partial charge in [0, 0.05) is 13.1 Å². The van der Waals surface area contributed by atoms with Gasteiger partial charge in [-0.25, -0.2) is 8.42 Å². The van der Waals surface area contributed by atoms with Crippen LogP contribution in [0.4, 0.5) is 0 Å². The summed E-state index contributed by atoms with van der Waals surface area (Å²) in [7, 11) is -3.64. The number of hydrogen-bond donors (Lipinski definition) is 1. The van der Waals surface area contributed by atoms with E-state index in [1.54, 1.807) is 0 Å². The average Bonchev–Trinajstić information content (AvgIpc) is 3.05. The van der Waals surface area contributed by atoms with Crippen molar-refractivity contribution in [1.29, 1.82) is 0 Å². The highest BCUT2D eigenvalue weighted by molar-refractivity contribution is 7.89. The maximum Gasteiger partial charge on any atom is 0.277 e. The minimum atomic E-state index is -3.64. The quantitative estimate of drug-likeness (QED) is 0.923. The Balaban J connectivity index is 1.91. The lowest BCUT2D eigenvalue weighted by atomic mass is 10.1. The van der Waals surface area contributed by atoms with Crippen molar-refractivity contribution in [3.63, 3.8) is 0 Å². The van der Waals surface area contributed by atoms with Crippen LogP contribution < -0.4 is 0 Å². The number of aliphatic hydroxyl groups is 1. The lowest BCUT2D eigenvalue weighted by Gasteiger charge is -2.13. The van der Waals surface area contributed by atoms with Gasteiger partial charge in [-0.05, 0) is 23.3 Å². The van der Waals surface area contributed by atoms with E-state index in [4.69, 9.17) is 9.52 Å². The molecule has 0 radical (unpaired) electrons. The van der Waals surface area contributed by atoms with Crippen molar-refractivity contribution in [2.24, 2.45) is 0 Å². The van der Waals surface area contributed by atoms with Gasteiger partial charge in [0.2, 0.25) is 5.09 Å². The molecule has 1 aromatic heterocycles. The topological polar surface area (TPSA) is 70.8 Å². The molecule has 19 heavy (non-hydrogen) atoms. The highest BCUT2D eigenvalue weighted by atomic mass is 32.2. The summed E-state index contributed by atoms with van der Waals surface area (Å²) in [5.74, 6) is 0.246. The normalized spacial score (nSPS) is 15.6. The Labute approximate surface area is 111 Å². The summed E-state index contributed by atoms with van der Waals surface area (Å²) in [6.45, 7) is 0.400. The fourth-order valence-corrected chi connectivity index (χ4v) is 3.51. The van der Waals surface area contributed by atoms with Gasteiger partial charge in [-0.1, -0.05) is 24.3 Å². The van der Waals surface area contributed by atoms with Crippen LogP contribution in [0.1, 0.15) is 16.9 Å². The van der Waals surface area contributed by atoms with Crippen molar-refractivity contribution >= 4 is 10.0 Å². The fourth-order valence-electron chi connectivity index (χ4n) is 2.18. The standard InChI is InChI=1S/C13H13NO4S/c15-9-12-5-6-13(18-12)19(16,17)14-7-10-3-1-2-4-11(10)8-14/h1-6,15H,7-9H2. The summed E-state index contributed by atoms with van der Waals surface area (Å²) in [4.78, 5) is 0. The van der Waals surface area contributed by atoms with Gasteiger partial charge < -0.3 is 9.52 Å². The molecule has 0 fully saturated rings. The highest BCUT2D eigenvalue weighted by Gasteiger charge is 2.32. The van der Waals surface area contributed by atoms with Gasteiger partial charge in [-0.2, -0.15) is 4.31 Å². The van der Waals surface area contributed by atoms with Crippen molar-refractivity contribution < 1.29 is 17.9 Å². The van der Waals surface area contributed by atoms with Gasteiger partial charge in [0.15, 0.2) is 0 Å². The lowest BCUT2D eigenvalue weighted by Crippen LogP contribution is -2.25. The molecule has 1 aliphatic heterocycles. The molecule has 0 spiro atoms. The van der Waals surface area contributed by atoms with Crippen molar-refractivity contribution in [2.75, 3.05) is 0 Å². The molecular weight excluding hydrogens is 266 g/mol. The van der Waals surface area contributed by atoms with Crippen molar-refractivity contribution in [1.82, 2.24) is 4.31 Å². The van der Waals surface area contributed by atoms with Gasteiger partial charge in [0.25, 0.3) is 10.0 Å². The second-order valence-corrected chi connectivity index (χ2v) is 6.29. The minimum Gasteiger partial charge on any atom is -0.446 e. The molecule has 0 atom stereocenters. The molecule has 6 heteroatoms. The van der Waals surface area contributed by atoms with Gasteiger partial charge in [0.1, 0.15) is 12.4 Å². The molecule has 0 amide bonds. The molecular formula is C13H13NO4S. The van der Waals surface area contributed by atoms with E-state index >= 15 is 0 Å². The summed E-state index contributed by atoms with van der Waals surface area (Å²) < 4.78 is 31.3. The molecule has 1 N–H and O–H groups in total. The maximum absolute atomic E-state index is 12.4. The third-order valence-corrected chi connectivity index (χ3v) is 4.86. The van der Waals surface area contributed by atoms with E-state index < -0.39 is 10.0 Å². The minimum absolute atomic E-state index is 0.121. The Morgan fingerprint density at radius 2 is 1.74 bits per heavy atom. The van der Waals surface area contributed by atoms with Crippen LogP contribution >= 0.6 is 0 Å². The van der Waals surface area contributed by atoms with Crippen LogP contribution in [0.2, 0.25) is 0 Å². The average molecular weight is 279 g/mol. The summed E-state index contributed by atoms with van der Waals surface area (Å²) in [5, 5.41) is 8.80.